The van der Waals surface area contributed by atoms with Gasteiger partial charge in [0.1, 0.15) is 0 Å². The van der Waals surface area contributed by atoms with E-state index in [1.54, 1.807) is 0 Å². The van der Waals surface area contributed by atoms with Crippen molar-refractivity contribution in [3.8, 4) is 0 Å². The quantitative estimate of drug-likeness (QED) is 0.767. The Morgan fingerprint density at radius 1 is 1.15 bits per heavy atom. The molecule has 1 aromatic carbocycles. The molecule has 1 N–H and O–H groups in total. The molecule has 1 heterocycles. The van der Waals surface area contributed by atoms with Gasteiger partial charge in [0, 0.05) is 27.2 Å². The highest BCUT2D eigenvalue weighted by Crippen LogP contribution is 2.29. The molecule has 0 aliphatic heterocycles. The first-order valence-corrected chi connectivity index (χ1v) is 8.72. The Hall–Kier alpha value is -0.640. The topological polar surface area (TPSA) is 12.0 Å². The van der Waals surface area contributed by atoms with Crippen LogP contribution >= 0.6 is 27.3 Å². The van der Waals surface area contributed by atoms with Crippen LogP contribution in [0.25, 0.3) is 0 Å². The lowest BCUT2D eigenvalue weighted by Crippen LogP contribution is -2.24. The van der Waals surface area contributed by atoms with Crippen LogP contribution in [-0.4, -0.2) is 6.54 Å². The lowest BCUT2D eigenvalue weighted by Gasteiger charge is -2.22. The lowest BCUT2D eigenvalue weighted by molar-refractivity contribution is 0.548. The Morgan fingerprint density at radius 2 is 1.80 bits per heavy atom. The summed E-state index contributed by atoms with van der Waals surface area (Å²) in [6.07, 6.45) is 1.05. The van der Waals surface area contributed by atoms with Gasteiger partial charge in [-0.15, -0.1) is 11.3 Å². The van der Waals surface area contributed by atoms with Crippen LogP contribution in [0.1, 0.15) is 40.1 Å². The predicted octanol–water partition coefficient (Wildman–Crippen LogP) is 5.33. The van der Waals surface area contributed by atoms with Crippen molar-refractivity contribution >= 4 is 27.3 Å². The minimum absolute atomic E-state index is 0.395. The van der Waals surface area contributed by atoms with Gasteiger partial charge in [-0.3, -0.25) is 0 Å². The smallest absolute Gasteiger partial charge is 0.0373 e. The molecule has 0 radical (unpaired) electrons. The molecule has 1 unspecified atom stereocenters. The van der Waals surface area contributed by atoms with Gasteiger partial charge in [-0.2, -0.15) is 0 Å². The molecule has 0 bridgehead atoms. The first kappa shape index (κ1) is 15.7. The standard InChI is InChI=1S/C17H22BrNS/c1-5-19-16(9-15-8-14(18)10-20-15)17-12(3)6-11(2)7-13(17)4/h6-8,10,16,19H,5,9H2,1-4H3. The summed E-state index contributed by atoms with van der Waals surface area (Å²) in [7, 11) is 0. The van der Waals surface area contributed by atoms with E-state index in [4.69, 9.17) is 0 Å². The highest BCUT2D eigenvalue weighted by atomic mass is 79.9. The van der Waals surface area contributed by atoms with Gasteiger partial charge in [-0.05, 0) is 66.0 Å². The van der Waals surface area contributed by atoms with Crippen LogP contribution in [-0.2, 0) is 6.42 Å². The molecule has 2 aromatic rings. The van der Waals surface area contributed by atoms with Crippen LogP contribution in [0.5, 0.6) is 0 Å². The second-order valence-electron chi connectivity index (χ2n) is 5.36. The summed E-state index contributed by atoms with van der Waals surface area (Å²) in [5, 5.41) is 5.81. The second kappa shape index (κ2) is 6.88. The first-order valence-electron chi connectivity index (χ1n) is 7.05. The number of hydrogen-bond donors (Lipinski definition) is 1. The van der Waals surface area contributed by atoms with Crippen LogP contribution in [0.15, 0.2) is 28.1 Å². The van der Waals surface area contributed by atoms with Gasteiger partial charge >= 0.3 is 0 Å². The lowest BCUT2D eigenvalue weighted by atomic mass is 9.92. The summed E-state index contributed by atoms with van der Waals surface area (Å²) in [4.78, 5) is 1.42. The van der Waals surface area contributed by atoms with Crippen molar-refractivity contribution in [1.29, 1.82) is 0 Å². The molecule has 0 amide bonds. The van der Waals surface area contributed by atoms with Crippen molar-refractivity contribution in [3.63, 3.8) is 0 Å². The molecule has 1 aromatic heterocycles. The monoisotopic (exact) mass is 351 g/mol. The van der Waals surface area contributed by atoms with Crippen molar-refractivity contribution in [2.75, 3.05) is 6.54 Å². The Kier molecular flexibility index (Phi) is 5.42. The second-order valence-corrected chi connectivity index (χ2v) is 7.27. The third-order valence-electron chi connectivity index (χ3n) is 3.56. The van der Waals surface area contributed by atoms with Crippen molar-refractivity contribution < 1.29 is 0 Å². The summed E-state index contributed by atoms with van der Waals surface area (Å²) in [6, 6.07) is 7.20. The molecule has 0 spiro atoms. The van der Waals surface area contributed by atoms with Gasteiger partial charge in [0.2, 0.25) is 0 Å². The summed E-state index contributed by atoms with van der Waals surface area (Å²) in [6.45, 7) is 9.79. The van der Waals surface area contributed by atoms with Crippen LogP contribution in [0.3, 0.4) is 0 Å². The van der Waals surface area contributed by atoms with E-state index in [1.807, 2.05) is 11.3 Å². The summed E-state index contributed by atoms with van der Waals surface area (Å²) < 4.78 is 1.19. The van der Waals surface area contributed by atoms with Gasteiger partial charge in [0.05, 0.1) is 0 Å². The van der Waals surface area contributed by atoms with Gasteiger partial charge in [-0.1, -0.05) is 24.6 Å². The van der Waals surface area contributed by atoms with E-state index in [0.717, 1.165) is 13.0 Å². The maximum absolute atomic E-state index is 3.65. The van der Waals surface area contributed by atoms with Gasteiger partial charge in [0.15, 0.2) is 0 Å². The minimum atomic E-state index is 0.395. The predicted molar refractivity (Wildman–Crippen MR) is 92.8 cm³/mol. The fourth-order valence-electron chi connectivity index (χ4n) is 2.93. The first-order chi connectivity index (χ1) is 9.51. The number of benzene rings is 1. The number of likely N-dealkylation sites (N-methyl/N-ethyl adjacent to an activating group) is 1. The molecule has 0 saturated heterocycles. The van der Waals surface area contributed by atoms with Crippen molar-refractivity contribution in [2.24, 2.45) is 0 Å². The molecule has 0 aliphatic carbocycles. The third kappa shape index (κ3) is 3.72. The summed E-state index contributed by atoms with van der Waals surface area (Å²) in [5.41, 5.74) is 5.59. The fourth-order valence-corrected chi connectivity index (χ4v) is 4.42. The maximum Gasteiger partial charge on any atom is 0.0373 e. The van der Waals surface area contributed by atoms with Crippen LogP contribution in [0.4, 0.5) is 0 Å². The molecule has 0 saturated carbocycles. The Labute approximate surface area is 134 Å². The van der Waals surface area contributed by atoms with Crippen molar-refractivity contribution in [3.05, 3.63) is 55.2 Å². The average Bonchev–Trinajstić information content (AvgIpc) is 2.73. The zero-order valence-corrected chi connectivity index (χ0v) is 15.0. The van der Waals surface area contributed by atoms with Crippen LogP contribution in [0, 0.1) is 20.8 Å². The van der Waals surface area contributed by atoms with Crippen molar-refractivity contribution in [2.45, 2.75) is 40.2 Å². The molecule has 2 rings (SSSR count). The third-order valence-corrected chi connectivity index (χ3v) is 5.28. The van der Waals surface area contributed by atoms with E-state index < -0.39 is 0 Å². The van der Waals surface area contributed by atoms with Gasteiger partial charge < -0.3 is 5.32 Å². The largest absolute Gasteiger partial charge is 0.310 e. The average molecular weight is 352 g/mol. The normalized spacial score (nSPS) is 12.7. The maximum atomic E-state index is 3.65. The highest BCUT2D eigenvalue weighted by Gasteiger charge is 2.17. The Morgan fingerprint density at radius 3 is 2.30 bits per heavy atom. The molecule has 108 valence electrons. The van der Waals surface area contributed by atoms with E-state index >= 15 is 0 Å². The fraction of sp³-hybridized carbons (Fsp3) is 0.412. The SMILES string of the molecule is CCNC(Cc1cc(Br)cs1)c1c(C)cc(C)cc1C. The molecule has 1 nitrogen and oxygen atoms in total. The van der Waals surface area contributed by atoms with Crippen molar-refractivity contribution in [1.82, 2.24) is 5.32 Å². The zero-order valence-electron chi connectivity index (χ0n) is 12.6. The Bertz CT molecular complexity index is 565. The molecule has 0 aliphatic rings. The van der Waals surface area contributed by atoms with E-state index in [0.29, 0.717) is 6.04 Å². The van der Waals surface area contributed by atoms with E-state index in [9.17, 15) is 0 Å². The van der Waals surface area contributed by atoms with Gasteiger partial charge in [0.25, 0.3) is 0 Å². The molecule has 0 fully saturated rings. The van der Waals surface area contributed by atoms with Gasteiger partial charge in [-0.25, -0.2) is 0 Å². The summed E-state index contributed by atoms with van der Waals surface area (Å²) >= 11 is 5.37. The molecular formula is C17H22BrNS. The number of hydrogen-bond acceptors (Lipinski definition) is 2. The number of rotatable bonds is 5. The van der Waals surface area contributed by atoms with Crippen LogP contribution < -0.4 is 5.32 Å². The van der Waals surface area contributed by atoms with E-state index in [-0.39, 0.29) is 0 Å². The van der Waals surface area contributed by atoms with Crippen LogP contribution in [0.2, 0.25) is 0 Å². The molecule has 20 heavy (non-hydrogen) atoms. The number of thiophene rings is 1. The van der Waals surface area contributed by atoms with E-state index in [2.05, 4.69) is 72.5 Å². The molecule has 1 atom stereocenters. The van der Waals surface area contributed by atoms with E-state index in [1.165, 1.54) is 31.6 Å². The molecular weight excluding hydrogens is 330 g/mol. The zero-order chi connectivity index (χ0) is 14.7. The molecule has 3 heteroatoms. The Balaban J connectivity index is 2.33. The summed E-state index contributed by atoms with van der Waals surface area (Å²) in [5.74, 6) is 0. The highest BCUT2D eigenvalue weighted by molar-refractivity contribution is 9.10. The number of halogens is 1. The number of nitrogens with one attached hydrogen (secondary N) is 1. The number of aryl methyl sites for hydroxylation is 3. The minimum Gasteiger partial charge on any atom is -0.310 e.